The van der Waals surface area contributed by atoms with Crippen LogP contribution in [0.5, 0.6) is 0 Å². The number of amides is 1. The average Bonchev–Trinajstić information content (AvgIpc) is 2.94. The van der Waals surface area contributed by atoms with Gasteiger partial charge in [0.25, 0.3) is 0 Å². The van der Waals surface area contributed by atoms with E-state index < -0.39 is 17.6 Å². The molecule has 0 radical (unpaired) electrons. The van der Waals surface area contributed by atoms with Crippen LogP contribution in [-0.2, 0) is 4.79 Å². The van der Waals surface area contributed by atoms with Gasteiger partial charge in [-0.1, -0.05) is 11.6 Å². The molecule has 1 N–H and O–H groups in total. The Balaban J connectivity index is 1.90. The highest BCUT2D eigenvalue weighted by molar-refractivity contribution is 6.29. The van der Waals surface area contributed by atoms with E-state index in [2.05, 4.69) is 20.6 Å². The molecule has 0 saturated carbocycles. The molecule has 1 amide bonds. The Morgan fingerprint density at radius 2 is 2.04 bits per heavy atom. The third-order valence-corrected chi connectivity index (χ3v) is 4.47. The fraction of sp³-hybridized carbons (Fsp3) is 0.176. The van der Waals surface area contributed by atoms with Gasteiger partial charge in [-0.25, -0.2) is 8.78 Å². The molecule has 132 valence electrons. The molecule has 4 rings (SSSR count). The van der Waals surface area contributed by atoms with E-state index in [0.29, 0.717) is 22.9 Å². The first kappa shape index (κ1) is 16.6. The van der Waals surface area contributed by atoms with E-state index in [1.807, 2.05) is 0 Å². The lowest BCUT2D eigenvalue weighted by molar-refractivity contribution is -0.116. The number of hydrogen-bond acceptors (Lipinski definition) is 4. The maximum Gasteiger partial charge on any atom is 0.226 e. The Bertz CT molecular complexity index is 1020. The molecule has 0 spiro atoms. The van der Waals surface area contributed by atoms with Gasteiger partial charge >= 0.3 is 0 Å². The SMILES string of the molecule is Cc1nn(-c2ccc(Cl)nn2)c2c1[C@@H](c1cc(F)ccc1F)CC(=O)N2. The zero-order valence-electron chi connectivity index (χ0n) is 13.5. The number of hydrogen-bond donors (Lipinski definition) is 1. The van der Waals surface area contributed by atoms with Crippen molar-refractivity contribution in [3.8, 4) is 5.82 Å². The van der Waals surface area contributed by atoms with Crippen molar-refractivity contribution in [2.45, 2.75) is 19.3 Å². The topological polar surface area (TPSA) is 72.7 Å². The standard InChI is InChI=1S/C17H12ClF2N5O/c1-8-16-11(10-6-9(19)2-3-12(10)20)7-15(26)21-17(16)25(24-8)14-5-4-13(18)22-23-14/h2-6,11H,7H2,1H3,(H,21,26)/t11-/m1/s1. The van der Waals surface area contributed by atoms with Crippen LogP contribution in [0, 0.1) is 18.6 Å². The lowest BCUT2D eigenvalue weighted by Gasteiger charge is -2.24. The molecule has 0 saturated heterocycles. The van der Waals surface area contributed by atoms with E-state index in [0.717, 1.165) is 18.2 Å². The molecule has 6 nitrogen and oxygen atoms in total. The second-order valence-electron chi connectivity index (χ2n) is 5.94. The number of nitrogens with zero attached hydrogens (tertiary/aromatic N) is 4. The smallest absolute Gasteiger partial charge is 0.226 e. The fourth-order valence-electron chi connectivity index (χ4n) is 3.18. The summed E-state index contributed by atoms with van der Waals surface area (Å²) in [5.41, 5.74) is 1.31. The molecule has 1 aliphatic rings. The van der Waals surface area contributed by atoms with Crippen molar-refractivity contribution in [3.63, 3.8) is 0 Å². The molecule has 3 heterocycles. The van der Waals surface area contributed by atoms with Crippen molar-refractivity contribution in [2.24, 2.45) is 0 Å². The molecule has 9 heteroatoms. The highest BCUT2D eigenvalue weighted by Crippen LogP contribution is 2.40. The van der Waals surface area contributed by atoms with Crippen LogP contribution < -0.4 is 5.32 Å². The van der Waals surface area contributed by atoms with Gasteiger partial charge in [0.2, 0.25) is 5.91 Å². The fourth-order valence-corrected chi connectivity index (χ4v) is 3.28. The van der Waals surface area contributed by atoms with Crippen LogP contribution in [0.3, 0.4) is 0 Å². The molecule has 1 atom stereocenters. The Morgan fingerprint density at radius 1 is 1.23 bits per heavy atom. The van der Waals surface area contributed by atoms with E-state index in [-0.39, 0.29) is 23.0 Å². The van der Waals surface area contributed by atoms with Crippen LogP contribution in [0.15, 0.2) is 30.3 Å². The molecule has 26 heavy (non-hydrogen) atoms. The normalized spacial score (nSPS) is 16.3. The summed E-state index contributed by atoms with van der Waals surface area (Å²) in [6, 6.07) is 6.35. The van der Waals surface area contributed by atoms with Crippen LogP contribution in [0.4, 0.5) is 14.6 Å². The zero-order chi connectivity index (χ0) is 18.4. The number of aromatic nitrogens is 4. The van der Waals surface area contributed by atoms with Crippen LogP contribution >= 0.6 is 11.6 Å². The molecule has 0 fully saturated rings. The average molecular weight is 376 g/mol. The summed E-state index contributed by atoms with van der Waals surface area (Å²) >= 11 is 5.76. The van der Waals surface area contributed by atoms with Crippen molar-refractivity contribution in [1.29, 1.82) is 0 Å². The number of anilines is 1. The summed E-state index contributed by atoms with van der Waals surface area (Å²) < 4.78 is 29.4. The number of aryl methyl sites for hydroxylation is 1. The second-order valence-corrected chi connectivity index (χ2v) is 6.33. The van der Waals surface area contributed by atoms with Crippen molar-refractivity contribution in [2.75, 3.05) is 5.32 Å². The minimum absolute atomic E-state index is 0.00774. The minimum Gasteiger partial charge on any atom is -0.310 e. The molecule has 1 aliphatic heterocycles. The van der Waals surface area contributed by atoms with Gasteiger partial charge in [-0.3, -0.25) is 4.79 Å². The monoisotopic (exact) mass is 375 g/mol. The number of halogens is 3. The molecule has 0 bridgehead atoms. The van der Waals surface area contributed by atoms with E-state index >= 15 is 0 Å². The first-order chi connectivity index (χ1) is 12.4. The molecular weight excluding hydrogens is 364 g/mol. The van der Waals surface area contributed by atoms with E-state index in [1.165, 1.54) is 4.68 Å². The maximum atomic E-state index is 14.3. The summed E-state index contributed by atoms with van der Waals surface area (Å²) in [6.07, 6.45) is -0.00774. The summed E-state index contributed by atoms with van der Waals surface area (Å²) in [7, 11) is 0. The highest BCUT2D eigenvalue weighted by atomic mass is 35.5. The summed E-state index contributed by atoms with van der Waals surface area (Å²) in [4.78, 5) is 12.2. The number of fused-ring (bicyclic) bond motifs is 1. The van der Waals surface area contributed by atoms with Crippen molar-refractivity contribution < 1.29 is 13.6 Å². The van der Waals surface area contributed by atoms with E-state index in [4.69, 9.17) is 11.6 Å². The molecule has 1 aromatic carbocycles. The number of benzene rings is 1. The number of rotatable bonds is 2. The molecule has 0 unspecified atom stereocenters. The van der Waals surface area contributed by atoms with Gasteiger partial charge in [0.15, 0.2) is 11.0 Å². The van der Waals surface area contributed by atoms with Gasteiger partial charge < -0.3 is 5.32 Å². The van der Waals surface area contributed by atoms with E-state index in [1.54, 1.807) is 19.1 Å². The quantitative estimate of drug-likeness (QED) is 0.745. The summed E-state index contributed by atoms with van der Waals surface area (Å²) in [5, 5.41) is 15.1. The van der Waals surface area contributed by atoms with Gasteiger partial charge in [0.05, 0.1) is 5.69 Å². The largest absolute Gasteiger partial charge is 0.310 e. The second kappa shape index (κ2) is 6.14. The molecule has 0 aliphatic carbocycles. The zero-order valence-corrected chi connectivity index (χ0v) is 14.3. The van der Waals surface area contributed by atoms with Gasteiger partial charge in [-0.2, -0.15) is 9.78 Å². The lowest BCUT2D eigenvalue weighted by Crippen LogP contribution is -2.25. The van der Waals surface area contributed by atoms with Crippen molar-refractivity contribution in [3.05, 3.63) is 63.9 Å². The predicted octanol–water partition coefficient (Wildman–Crippen LogP) is 3.38. The number of nitrogens with one attached hydrogen (secondary N) is 1. The van der Waals surface area contributed by atoms with Gasteiger partial charge in [-0.05, 0) is 42.8 Å². The Morgan fingerprint density at radius 3 is 2.77 bits per heavy atom. The molecule has 3 aromatic rings. The van der Waals surface area contributed by atoms with Crippen molar-refractivity contribution in [1.82, 2.24) is 20.0 Å². The number of carbonyl (C=O) groups excluding carboxylic acids is 1. The lowest BCUT2D eigenvalue weighted by atomic mass is 9.85. The van der Waals surface area contributed by atoms with Gasteiger partial charge in [0.1, 0.15) is 17.5 Å². The minimum atomic E-state index is -0.650. The van der Waals surface area contributed by atoms with Crippen molar-refractivity contribution >= 4 is 23.3 Å². The Labute approximate surface area is 151 Å². The predicted molar refractivity (Wildman–Crippen MR) is 90.3 cm³/mol. The summed E-state index contributed by atoms with van der Waals surface area (Å²) in [6.45, 7) is 1.74. The number of carbonyl (C=O) groups is 1. The maximum absolute atomic E-state index is 14.3. The molecular formula is C17H12ClF2N5O. The van der Waals surface area contributed by atoms with Crippen LogP contribution in [0.1, 0.15) is 29.2 Å². The third-order valence-electron chi connectivity index (χ3n) is 4.27. The van der Waals surface area contributed by atoms with Gasteiger partial charge in [0, 0.05) is 17.9 Å². The van der Waals surface area contributed by atoms with Crippen LogP contribution in [-0.4, -0.2) is 25.9 Å². The van der Waals surface area contributed by atoms with Crippen LogP contribution in [0.2, 0.25) is 5.15 Å². The summed E-state index contributed by atoms with van der Waals surface area (Å²) in [5.74, 6) is -1.40. The highest BCUT2D eigenvalue weighted by Gasteiger charge is 2.34. The van der Waals surface area contributed by atoms with Crippen LogP contribution in [0.25, 0.3) is 5.82 Å². The Kier molecular flexibility index (Phi) is 3.91. The van der Waals surface area contributed by atoms with E-state index in [9.17, 15) is 13.6 Å². The first-order valence-corrected chi connectivity index (χ1v) is 8.15. The Hall–Kier alpha value is -2.87. The first-order valence-electron chi connectivity index (χ1n) is 7.78. The van der Waals surface area contributed by atoms with Gasteiger partial charge in [-0.15, -0.1) is 10.2 Å². The third kappa shape index (κ3) is 2.72. The molecule has 2 aromatic heterocycles.